The van der Waals surface area contributed by atoms with Crippen molar-refractivity contribution < 1.29 is 26.9 Å². The second kappa shape index (κ2) is 9.23. The summed E-state index contributed by atoms with van der Waals surface area (Å²) in [5, 5.41) is 2.53. The number of aromatic nitrogens is 2. The lowest BCUT2D eigenvalue weighted by atomic mass is 9.80. The van der Waals surface area contributed by atoms with Crippen molar-refractivity contribution in [2.24, 2.45) is 10.7 Å². The van der Waals surface area contributed by atoms with E-state index in [1.54, 1.807) is 6.92 Å². The molecule has 0 bridgehead atoms. The average Bonchev–Trinajstić information content (AvgIpc) is 2.77. The van der Waals surface area contributed by atoms with Crippen LogP contribution in [0.25, 0.3) is 0 Å². The third-order valence-electron chi connectivity index (χ3n) is 5.54. The molecule has 1 aromatic carbocycles. The summed E-state index contributed by atoms with van der Waals surface area (Å²) in [6.07, 6.45) is 3.98. The van der Waals surface area contributed by atoms with E-state index >= 15 is 0 Å². The molecule has 2 heterocycles. The zero-order valence-electron chi connectivity index (χ0n) is 17.4. The van der Waals surface area contributed by atoms with Gasteiger partial charge in [0.25, 0.3) is 5.91 Å². The molecule has 1 amide bonds. The second-order valence-electron chi connectivity index (χ2n) is 7.49. The number of hydrogen-bond donors (Lipinski definition) is 2. The fraction of sp³-hybridized carbons (Fsp3) is 0.400. The van der Waals surface area contributed by atoms with Gasteiger partial charge in [-0.15, -0.1) is 0 Å². The number of amides is 1. The smallest absolute Gasteiger partial charge is 0.275 e. The standard InChI is InChI=1S/C20H22F3N5O3S/c1-19(32(2)30)5-6-20(10-21,28-18(19)24)13-7-12(3-4-14(13)23)27-17(29)15-8-26-16(9-25-15)31-11-22/h3-4,7-9H,5-6,10-11H2,1-2H3,(H2,24,28)(H,27,29)/t19-,20-,32?/m1/s1. The van der Waals surface area contributed by atoms with Gasteiger partial charge in [0.2, 0.25) is 12.7 Å². The molecule has 172 valence electrons. The molecule has 12 heteroatoms. The molecule has 0 spiro atoms. The first-order valence-corrected chi connectivity index (χ1v) is 11.1. The Labute approximate surface area is 185 Å². The summed E-state index contributed by atoms with van der Waals surface area (Å²) in [5.74, 6) is -1.49. The highest BCUT2D eigenvalue weighted by molar-refractivity contribution is 7.86. The molecular weight excluding hydrogens is 447 g/mol. The van der Waals surface area contributed by atoms with Gasteiger partial charge in [0.15, 0.2) is 0 Å². The van der Waals surface area contributed by atoms with E-state index in [1.165, 1.54) is 18.4 Å². The minimum absolute atomic E-state index is 0.0121. The van der Waals surface area contributed by atoms with Gasteiger partial charge in [-0.25, -0.2) is 23.1 Å². The van der Waals surface area contributed by atoms with Gasteiger partial charge in [0.1, 0.15) is 29.6 Å². The van der Waals surface area contributed by atoms with Crippen molar-refractivity contribution in [1.82, 2.24) is 9.97 Å². The summed E-state index contributed by atoms with van der Waals surface area (Å²) in [6.45, 7) is -0.451. The number of alkyl halides is 2. The molecular formula is C20H22F3N5O3S. The van der Waals surface area contributed by atoms with Crippen LogP contribution in [-0.4, -0.2) is 50.5 Å². The normalized spacial score (nSPS) is 23.8. The van der Waals surface area contributed by atoms with Crippen LogP contribution in [0.15, 0.2) is 35.6 Å². The van der Waals surface area contributed by atoms with Gasteiger partial charge < -0.3 is 15.8 Å². The first-order chi connectivity index (χ1) is 15.1. The third kappa shape index (κ3) is 4.45. The van der Waals surface area contributed by atoms with Crippen molar-refractivity contribution >= 4 is 28.2 Å². The van der Waals surface area contributed by atoms with E-state index in [-0.39, 0.29) is 41.5 Å². The fourth-order valence-corrected chi connectivity index (χ4v) is 4.08. The number of halogens is 3. The number of aliphatic imine (C=N–C) groups is 1. The van der Waals surface area contributed by atoms with Gasteiger partial charge in [0, 0.05) is 28.3 Å². The lowest BCUT2D eigenvalue weighted by Gasteiger charge is -2.39. The van der Waals surface area contributed by atoms with E-state index in [0.717, 1.165) is 18.5 Å². The predicted molar refractivity (Wildman–Crippen MR) is 114 cm³/mol. The molecule has 0 saturated heterocycles. The number of hydrogen-bond acceptors (Lipinski definition) is 7. The topological polar surface area (TPSA) is 120 Å². The monoisotopic (exact) mass is 469 g/mol. The van der Waals surface area contributed by atoms with Crippen molar-refractivity contribution in [1.29, 1.82) is 0 Å². The number of rotatable bonds is 7. The summed E-state index contributed by atoms with van der Waals surface area (Å²) in [7, 11) is -1.35. The largest absolute Gasteiger partial charge is 0.445 e. The van der Waals surface area contributed by atoms with Crippen LogP contribution in [0, 0.1) is 5.82 Å². The maximum Gasteiger partial charge on any atom is 0.275 e. The molecule has 1 aromatic heterocycles. The predicted octanol–water partition coefficient (Wildman–Crippen LogP) is 2.63. The molecule has 3 N–H and O–H groups in total. The van der Waals surface area contributed by atoms with Gasteiger partial charge in [-0.1, -0.05) is 0 Å². The van der Waals surface area contributed by atoms with Gasteiger partial charge >= 0.3 is 0 Å². The molecule has 1 unspecified atom stereocenters. The maximum atomic E-state index is 14.7. The van der Waals surface area contributed by atoms with Crippen LogP contribution in [0.3, 0.4) is 0 Å². The molecule has 0 radical (unpaired) electrons. The number of nitrogens with one attached hydrogen (secondary N) is 1. The molecule has 0 fully saturated rings. The molecule has 3 rings (SSSR count). The Balaban J connectivity index is 1.90. The van der Waals surface area contributed by atoms with E-state index in [4.69, 9.17) is 5.73 Å². The Bertz CT molecular complexity index is 1070. The van der Waals surface area contributed by atoms with Crippen LogP contribution in [0.2, 0.25) is 0 Å². The molecule has 3 atom stereocenters. The first kappa shape index (κ1) is 23.6. The Morgan fingerprint density at radius 2 is 2.03 bits per heavy atom. The molecule has 2 aromatic rings. The lowest BCUT2D eigenvalue weighted by molar-refractivity contribution is 0.102. The van der Waals surface area contributed by atoms with Gasteiger partial charge in [-0.3, -0.25) is 14.0 Å². The number of benzene rings is 1. The van der Waals surface area contributed by atoms with Crippen molar-refractivity contribution in [2.45, 2.75) is 30.1 Å². The SMILES string of the molecule is CS(=O)[C@]1(C)CC[C@@](CF)(c2cc(NC(=O)c3cnc(OCF)cn3)ccc2F)N=C1N. The van der Waals surface area contributed by atoms with Crippen LogP contribution < -0.4 is 15.8 Å². The Kier molecular flexibility index (Phi) is 6.82. The van der Waals surface area contributed by atoms with E-state index < -0.39 is 46.3 Å². The Morgan fingerprint density at radius 1 is 1.28 bits per heavy atom. The molecule has 1 aliphatic heterocycles. The zero-order chi connectivity index (χ0) is 23.5. The van der Waals surface area contributed by atoms with E-state index in [2.05, 4.69) is 25.0 Å². The summed E-state index contributed by atoms with van der Waals surface area (Å²) in [5.41, 5.74) is 4.43. The van der Waals surface area contributed by atoms with Crippen LogP contribution in [0.1, 0.15) is 35.8 Å². The molecule has 0 aliphatic carbocycles. The lowest BCUT2D eigenvalue weighted by Crippen LogP contribution is -2.51. The van der Waals surface area contributed by atoms with E-state index in [9.17, 15) is 22.2 Å². The van der Waals surface area contributed by atoms with Crippen LogP contribution in [-0.2, 0) is 16.3 Å². The Morgan fingerprint density at radius 3 is 2.59 bits per heavy atom. The van der Waals surface area contributed by atoms with E-state index in [0.29, 0.717) is 0 Å². The minimum Gasteiger partial charge on any atom is -0.445 e. The molecule has 0 saturated carbocycles. The number of nitrogens with two attached hydrogens (primary N) is 1. The van der Waals surface area contributed by atoms with Crippen molar-refractivity contribution in [3.8, 4) is 5.88 Å². The molecule has 8 nitrogen and oxygen atoms in total. The summed E-state index contributed by atoms with van der Waals surface area (Å²) in [4.78, 5) is 24.3. The number of carbonyl (C=O) groups is 1. The van der Waals surface area contributed by atoms with Crippen molar-refractivity contribution in [3.05, 3.63) is 47.7 Å². The second-order valence-corrected chi connectivity index (χ2v) is 9.30. The van der Waals surface area contributed by atoms with Crippen LogP contribution in [0.5, 0.6) is 5.88 Å². The van der Waals surface area contributed by atoms with Gasteiger partial charge in [-0.2, -0.15) is 0 Å². The summed E-state index contributed by atoms with van der Waals surface area (Å²) in [6, 6.07) is 3.67. The number of nitrogens with zero attached hydrogens (tertiary/aromatic N) is 3. The molecule has 32 heavy (non-hydrogen) atoms. The van der Waals surface area contributed by atoms with Crippen LogP contribution >= 0.6 is 0 Å². The average molecular weight is 469 g/mol. The van der Waals surface area contributed by atoms with Crippen molar-refractivity contribution in [3.63, 3.8) is 0 Å². The quantitative estimate of drug-likeness (QED) is 0.643. The van der Waals surface area contributed by atoms with E-state index in [1.807, 2.05) is 0 Å². The first-order valence-electron chi connectivity index (χ1n) is 9.53. The number of anilines is 1. The van der Waals surface area contributed by atoms with Gasteiger partial charge in [-0.05, 0) is 38.0 Å². The van der Waals surface area contributed by atoms with Crippen LogP contribution in [0.4, 0.5) is 18.9 Å². The number of carbonyl (C=O) groups excluding carboxylic acids is 1. The van der Waals surface area contributed by atoms with Crippen molar-refractivity contribution in [2.75, 3.05) is 25.1 Å². The highest BCUT2D eigenvalue weighted by atomic mass is 32.2. The number of amidine groups is 1. The maximum absolute atomic E-state index is 14.7. The Hall–Kier alpha value is -3.02. The fourth-order valence-electron chi connectivity index (χ4n) is 3.35. The number of ether oxygens (including phenoxy) is 1. The highest BCUT2D eigenvalue weighted by Gasteiger charge is 2.46. The third-order valence-corrected chi connectivity index (χ3v) is 7.22. The zero-order valence-corrected chi connectivity index (χ0v) is 18.2. The van der Waals surface area contributed by atoms with Gasteiger partial charge in [0.05, 0.1) is 17.1 Å². The highest BCUT2D eigenvalue weighted by Crippen LogP contribution is 2.41. The minimum atomic E-state index is -1.60. The summed E-state index contributed by atoms with van der Waals surface area (Å²) < 4.78 is 56.8. The summed E-state index contributed by atoms with van der Waals surface area (Å²) >= 11 is 0. The molecule has 1 aliphatic rings.